The van der Waals surface area contributed by atoms with Crippen LogP contribution in [0, 0.1) is 0 Å². The topological polar surface area (TPSA) is 18.5 Å². The minimum Gasteiger partial charge on any atom is -0.374 e. The van der Waals surface area contributed by atoms with Gasteiger partial charge in [-0.25, -0.2) is 0 Å². The van der Waals surface area contributed by atoms with Gasteiger partial charge in [0.15, 0.2) is 0 Å². The lowest BCUT2D eigenvalue weighted by Crippen LogP contribution is -2.53. The maximum Gasteiger partial charge on any atom is 0.0354 e. The molecule has 3 nitrogen and oxygen atoms in total. The predicted molar refractivity (Wildman–Crippen MR) is 77.7 cm³/mol. The maximum atomic E-state index is 4.25. The Hall–Kier alpha value is -0.540. The van der Waals surface area contributed by atoms with Crippen molar-refractivity contribution < 1.29 is 0 Å². The first kappa shape index (κ1) is 13.9. The summed E-state index contributed by atoms with van der Waals surface area (Å²) in [6.07, 6.45) is 6.44. The van der Waals surface area contributed by atoms with Crippen LogP contribution in [0.25, 0.3) is 0 Å². The average molecular weight is 251 g/mol. The van der Waals surface area contributed by atoms with Gasteiger partial charge in [0.2, 0.25) is 0 Å². The molecule has 1 N–H and O–H groups in total. The summed E-state index contributed by atoms with van der Waals surface area (Å²) in [7, 11) is 2.22. The number of nitrogens with zero attached hydrogens (tertiary/aromatic N) is 2. The van der Waals surface area contributed by atoms with Crippen LogP contribution in [0.1, 0.15) is 39.0 Å². The fraction of sp³-hybridized carbons (Fsp3) is 0.867. The number of nitrogens with one attached hydrogen (secondary N) is 1. The maximum absolute atomic E-state index is 4.25. The second kappa shape index (κ2) is 6.07. The van der Waals surface area contributed by atoms with Crippen molar-refractivity contribution in [1.29, 1.82) is 0 Å². The van der Waals surface area contributed by atoms with Crippen LogP contribution in [0.2, 0.25) is 0 Å². The highest BCUT2D eigenvalue weighted by Gasteiger charge is 2.31. The van der Waals surface area contributed by atoms with Gasteiger partial charge in [0.05, 0.1) is 0 Å². The van der Waals surface area contributed by atoms with Crippen molar-refractivity contribution in [2.45, 2.75) is 44.6 Å². The molecule has 2 heterocycles. The lowest BCUT2D eigenvalue weighted by atomic mass is 9.85. The van der Waals surface area contributed by atoms with Crippen molar-refractivity contribution in [1.82, 2.24) is 15.1 Å². The van der Waals surface area contributed by atoms with Crippen molar-refractivity contribution in [3.05, 3.63) is 12.3 Å². The van der Waals surface area contributed by atoms with Crippen LogP contribution in [0.15, 0.2) is 12.3 Å². The third-order valence-electron chi connectivity index (χ3n) is 4.84. The van der Waals surface area contributed by atoms with E-state index in [4.69, 9.17) is 0 Å². The zero-order valence-corrected chi connectivity index (χ0v) is 12.2. The highest BCUT2D eigenvalue weighted by atomic mass is 15.2. The van der Waals surface area contributed by atoms with Crippen LogP contribution in [-0.2, 0) is 0 Å². The Kier molecular flexibility index (Phi) is 4.68. The first-order valence-corrected chi connectivity index (χ1v) is 7.51. The first-order valence-electron chi connectivity index (χ1n) is 7.51. The van der Waals surface area contributed by atoms with E-state index in [-0.39, 0.29) is 0 Å². The summed E-state index contributed by atoms with van der Waals surface area (Å²) in [5, 5.41) is 3.81. The van der Waals surface area contributed by atoms with Crippen molar-refractivity contribution in [3.8, 4) is 0 Å². The van der Waals surface area contributed by atoms with Gasteiger partial charge < -0.3 is 15.1 Å². The third-order valence-corrected chi connectivity index (χ3v) is 4.84. The van der Waals surface area contributed by atoms with E-state index in [1.165, 1.54) is 64.0 Å². The van der Waals surface area contributed by atoms with E-state index >= 15 is 0 Å². The minimum atomic E-state index is 0.356. The molecule has 2 fully saturated rings. The number of rotatable bonds is 5. The smallest absolute Gasteiger partial charge is 0.0354 e. The number of likely N-dealkylation sites (tertiary alicyclic amines) is 2. The van der Waals surface area contributed by atoms with E-state index in [0.717, 1.165) is 6.54 Å². The van der Waals surface area contributed by atoms with Crippen molar-refractivity contribution in [2.75, 3.05) is 39.8 Å². The van der Waals surface area contributed by atoms with Crippen LogP contribution < -0.4 is 5.32 Å². The molecular formula is C15H29N3. The van der Waals surface area contributed by atoms with Gasteiger partial charge >= 0.3 is 0 Å². The summed E-state index contributed by atoms with van der Waals surface area (Å²) in [5.41, 5.74) is 1.65. The third kappa shape index (κ3) is 3.27. The molecule has 0 aromatic rings. The Morgan fingerprint density at radius 2 is 1.78 bits per heavy atom. The molecule has 0 aromatic heterocycles. The summed E-state index contributed by atoms with van der Waals surface area (Å²) < 4.78 is 0. The lowest BCUT2D eigenvalue weighted by Gasteiger charge is -2.41. The Bertz CT molecular complexity index is 273. The largest absolute Gasteiger partial charge is 0.374 e. The molecule has 0 bridgehead atoms. The van der Waals surface area contributed by atoms with Crippen LogP contribution >= 0.6 is 0 Å². The highest BCUT2D eigenvalue weighted by Crippen LogP contribution is 2.25. The quantitative estimate of drug-likeness (QED) is 0.807. The zero-order chi connectivity index (χ0) is 13.0. The fourth-order valence-corrected chi connectivity index (χ4v) is 3.14. The fourth-order valence-electron chi connectivity index (χ4n) is 3.14. The summed E-state index contributed by atoms with van der Waals surface area (Å²) in [6, 6.07) is 0. The molecule has 0 spiro atoms. The molecule has 0 atom stereocenters. The van der Waals surface area contributed by atoms with E-state index in [1.807, 2.05) is 0 Å². The molecule has 2 aliphatic heterocycles. The molecule has 0 saturated carbocycles. The number of hydrogen-bond donors (Lipinski definition) is 1. The molecule has 2 saturated heterocycles. The van der Waals surface area contributed by atoms with Crippen LogP contribution in [0.4, 0.5) is 0 Å². The van der Waals surface area contributed by atoms with Gasteiger partial charge in [-0.15, -0.1) is 0 Å². The van der Waals surface area contributed by atoms with Gasteiger partial charge in [0.1, 0.15) is 0 Å². The molecule has 0 aromatic carbocycles. The minimum absolute atomic E-state index is 0.356. The molecule has 2 aliphatic rings. The van der Waals surface area contributed by atoms with Gasteiger partial charge in [0.25, 0.3) is 0 Å². The van der Waals surface area contributed by atoms with E-state index in [9.17, 15) is 0 Å². The molecule has 2 rings (SSSR count). The molecule has 104 valence electrons. The highest BCUT2D eigenvalue weighted by molar-refractivity contribution is 5.02. The predicted octanol–water partition coefficient (Wildman–Crippen LogP) is 2.06. The monoisotopic (exact) mass is 251 g/mol. The van der Waals surface area contributed by atoms with Crippen LogP contribution in [0.3, 0.4) is 0 Å². The molecule has 0 radical (unpaired) electrons. The van der Waals surface area contributed by atoms with E-state index in [1.54, 1.807) is 0 Å². The molecule has 0 aliphatic carbocycles. The number of hydrogen-bond acceptors (Lipinski definition) is 3. The second-order valence-electron chi connectivity index (χ2n) is 6.05. The summed E-state index contributed by atoms with van der Waals surface area (Å²) in [5.74, 6) is 0. The van der Waals surface area contributed by atoms with Gasteiger partial charge in [0, 0.05) is 30.9 Å². The van der Waals surface area contributed by atoms with Crippen molar-refractivity contribution in [3.63, 3.8) is 0 Å². The molecule has 18 heavy (non-hydrogen) atoms. The lowest BCUT2D eigenvalue weighted by molar-refractivity contribution is 0.153. The van der Waals surface area contributed by atoms with E-state index in [0.29, 0.717) is 5.54 Å². The van der Waals surface area contributed by atoms with E-state index < -0.39 is 0 Å². The average Bonchev–Trinajstić information content (AvgIpc) is 2.92. The summed E-state index contributed by atoms with van der Waals surface area (Å²) in [6.45, 7) is 12.4. The van der Waals surface area contributed by atoms with E-state index in [2.05, 4.69) is 35.7 Å². The van der Waals surface area contributed by atoms with Crippen molar-refractivity contribution in [2.24, 2.45) is 0 Å². The Morgan fingerprint density at radius 1 is 1.17 bits per heavy atom. The molecule has 0 amide bonds. The number of piperidine rings is 1. The molecule has 0 unspecified atom stereocenters. The zero-order valence-electron chi connectivity index (χ0n) is 12.2. The first-order chi connectivity index (χ1) is 8.65. The molecular weight excluding hydrogens is 222 g/mol. The second-order valence-corrected chi connectivity index (χ2v) is 6.05. The summed E-state index contributed by atoms with van der Waals surface area (Å²) in [4.78, 5) is 4.89. The Labute approximate surface area is 112 Å². The van der Waals surface area contributed by atoms with Crippen LogP contribution in [-0.4, -0.2) is 55.1 Å². The summed E-state index contributed by atoms with van der Waals surface area (Å²) >= 11 is 0. The van der Waals surface area contributed by atoms with Gasteiger partial charge in [-0.3, -0.25) is 0 Å². The standard InChI is InChI=1S/C15H29N3/c1-4-15(7-11-17(3)12-8-15)16-13-14(2)18-9-5-6-10-18/h16H,2,4-13H2,1,3H3. The Morgan fingerprint density at radius 3 is 2.33 bits per heavy atom. The van der Waals surface area contributed by atoms with Crippen LogP contribution in [0.5, 0.6) is 0 Å². The Balaban J connectivity index is 1.81. The van der Waals surface area contributed by atoms with Gasteiger partial charge in [-0.05, 0) is 52.2 Å². The van der Waals surface area contributed by atoms with Crippen molar-refractivity contribution >= 4 is 0 Å². The SMILES string of the molecule is C=C(CNC1(CC)CCN(C)CC1)N1CCCC1. The van der Waals surface area contributed by atoms with Gasteiger partial charge in [-0.1, -0.05) is 13.5 Å². The molecule has 3 heteroatoms. The normalized spacial score (nSPS) is 24.4. The van der Waals surface area contributed by atoms with Gasteiger partial charge in [-0.2, -0.15) is 0 Å².